The average Bonchev–Trinajstić information content (AvgIpc) is 3.04. The van der Waals surface area contributed by atoms with Crippen LogP contribution in [0.1, 0.15) is 24.2 Å². The van der Waals surface area contributed by atoms with E-state index in [9.17, 15) is 18.0 Å². The number of sulfone groups is 1. The Balaban J connectivity index is 2.09. The third kappa shape index (κ3) is 4.30. The Morgan fingerprint density at radius 2 is 1.86 bits per heavy atom. The maximum Gasteiger partial charge on any atom is 0.325 e. The summed E-state index contributed by atoms with van der Waals surface area (Å²) in [5, 5.41) is -0.602. The summed E-state index contributed by atoms with van der Waals surface area (Å²) in [5.41, 5.74) is 0.916. The van der Waals surface area contributed by atoms with Crippen LogP contribution in [0.2, 0.25) is 0 Å². The largest absolute Gasteiger partial charge is 0.468 e. The van der Waals surface area contributed by atoms with Crippen molar-refractivity contribution in [3.63, 3.8) is 0 Å². The van der Waals surface area contributed by atoms with Crippen LogP contribution in [0.3, 0.4) is 0 Å². The number of nitrogens with zero attached hydrogens (tertiary/aromatic N) is 2. The molecule has 29 heavy (non-hydrogen) atoms. The van der Waals surface area contributed by atoms with Crippen molar-refractivity contribution in [3.8, 4) is 0 Å². The molecule has 9 heteroatoms. The number of thiazole rings is 1. The van der Waals surface area contributed by atoms with Gasteiger partial charge in [0.15, 0.2) is 14.6 Å². The van der Waals surface area contributed by atoms with Gasteiger partial charge in [-0.15, -0.1) is 0 Å². The number of hydrogen-bond donors (Lipinski definition) is 0. The summed E-state index contributed by atoms with van der Waals surface area (Å²) >= 11 is 1.26. The van der Waals surface area contributed by atoms with Gasteiger partial charge in [0.2, 0.25) is 0 Å². The molecule has 0 unspecified atom stereocenters. The molecule has 0 aliphatic rings. The van der Waals surface area contributed by atoms with E-state index in [1.54, 1.807) is 18.4 Å². The second-order valence-electron chi connectivity index (χ2n) is 6.55. The number of para-hydroxylation sites is 1. The summed E-state index contributed by atoms with van der Waals surface area (Å²) in [6.45, 7) is 3.08. The zero-order valence-corrected chi connectivity index (χ0v) is 17.8. The topological polar surface area (TPSA) is 94.8 Å². The Bertz CT molecular complexity index is 1250. The summed E-state index contributed by atoms with van der Waals surface area (Å²) in [5.74, 6) is -1.05. The maximum atomic E-state index is 12.8. The Morgan fingerprint density at radius 1 is 1.14 bits per heavy atom. The minimum atomic E-state index is -3.51. The van der Waals surface area contributed by atoms with E-state index in [1.165, 1.54) is 42.7 Å². The normalized spacial score (nSPS) is 12.5. The third-order valence-electron chi connectivity index (χ3n) is 4.33. The molecule has 7 nitrogen and oxygen atoms in total. The monoisotopic (exact) mass is 432 g/mol. The Kier molecular flexibility index (Phi) is 5.99. The number of ether oxygens (including phenoxy) is 1. The minimum absolute atomic E-state index is 0.0762. The van der Waals surface area contributed by atoms with Crippen molar-refractivity contribution in [1.29, 1.82) is 0 Å². The fourth-order valence-electron chi connectivity index (χ4n) is 2.68. The van der Waals surface area contributed by atoms with E-state index >= 15 is 0 Å². The van der Waals surface area contributed by atoms with Crippen molar-refractivity contribution in [2.75, 3.05) is 7.11 Å². The molecular weight excluding hydrogens is 412 g/mol. The fourth-order valence-corrected chi connectivity index (χ4v) is 4.81. The number of hydrogen-bond acceptors (Lipinski definition) is 6. The van der Waals surface area contributed by atoms with E-state index in [0.29, 0.717) is 4.80 Å². The average molecular weight is 433 g/mol. The maximum absolute atomic E-state index is 12.8. The quantitative estimate of drug-likeness (QED) is 0.578. The molecule has 1 aromatic heterocycles. The molecule has 0 saturated heterocycles. The van der Waals surface area contributed by atoms with Crippen LogP contribution in [-0.2, 0) is 25.9 Å². The molecule has 0 aliphatic heterocycles. The number of aromatic nitrogens is 1. The molecule has 1 heterocycles. The summed E-state index contributed by atoms with van der Waals surface area (Å²) in [6.07, 6.45) is 0. The molecule has 0 saturated carbocycles. The number of benzene rings is 2. The number of carbonyl (C=O) groups is 2. The standard InChI is InChI=1S/C20H20N2O5S2/c1-13(2)29(25,26)15-8-6-7-14(11-15)19(24)21-20-22(12-18(23)27-3)16-9-4-5-10-17(16)28-20/h4-11,13H,12H2,1-3H3. The fraction of sp³-hybridized carbons (Fsp3) is 0.250. The summed E-state index contributed by atoms with van der Waals surface area (Å²) in [6, 6.07) is 13.2. The van der Waals surface area contributed by atoms with Gasteiger partial charge in [-0.25, -0.2) is 8.42 Å². The minimum Gasteiger partial charge on any atom is -0.468 e. The van der Waals surface area contributed by atoms with Crippen molar-refractivity contribution in [2.24, 2.45) is 4.99 Å². The van der Waals surface area contributed by atoms with Gasteiger partial charge in [-0.3, -0.25) is 9.59 Å². The van der Waals surface area contributed by atoms with E-state index < -0.39 is 27.0 Å². The van der Waals surface area contributed by atoms with Crippen molar-refractivity contribution in [1.82, 2.24) is 4.57 Å². The molecule has 1 amide bonds. The van der Waals surface area contributed by atoms with Gasteiger partial charge < -0.3 is 9.30 Å². The molecule has 2 aromatic carbocycles. The predicted octanol–water partition coefficient (Wildman–Crippen LogP) is 2.80. The molecule has 0 aliphatic carbocycles. The van der Waals surface area contributed by atoms with Gasteiger partial charge in [0, 0.05) is 5.56 Å². The van der Waals surface area contributed by atoms with Gasteiger partial charge >= 0.3 is 5.97 Å². The number of amides is 1. The lowest BCUT2D eigenvalue weighted by Crippen LogP contribution is -2.22. The van der Waals surface area contributed by atoms with Crippen LogP contribution >= 0.6 is 11.3 Å². The van der Waals surface area contributed by atoms with Gasteiger partial charge in [0.1, 0.15) is 6.54 Å². The van der Waals surface area contributed by atoms with Crippen LogP contribution in [0.15, 0.2) is 58.4 Å². The zero-order valence-electron chi connectivity index (χ0n) is 16.2. The first-order valence-electron chi connectivity index (χ1n) is 8.82. The molecule has 3 aromatic rings. The Labute approximate surface area is 172 Å². The smallest absolute Gasteiger partial charge is 0.325 e. The van der Waals surface area contributed by atoms with Crippen molar-refractivity contribution >= 4 is 43.3 Å². The molecular formula is C20H20N2O5S2. The van der Waals surface area contributed by atoms with E-state index in [4.69, 9.17) is 4.74 Å². The van der Waals surface area contributed by atoms with Crippen molar-refractivity contribution in [2.45, 2.75) is 30.5 Å². The first kappa shape index (κ1) is 20.9. The highest BCUT2D eigenvalue weighted by molar-refractivity contribution is 7.92. The third-order valence-corrected chi connectivity index (χ3v) is 7.54. The number of esters is 1. The molecule has 0 spiro atoms. The predicted molar refractivity (Wildman–Crippen MR) is 110 cm³/mol. The SMILES string of the molecule is COC(=O)Cn1c(=NC(=O)c2cccc(S(=O)(=O)C(C)C)c2)sc2ccccc21. The number of carbonyl (C=O) groups excluding carboxylic acids is 2. The van der Waals surface area contributed by atoms with E-state index in [-0.39, 0.29) is 17.0 Å². The van der Waals surface area contributed by atoms with E-state index in [0.717, 1.165) is 10.2 Å². The van der Waals surface area contributed by atoms with Crippen molar-refractivity contribution in [3.05, 3.63) is 58.9 Å². The van der Waals surface area contributed by atoms with Gasteiger partial charge in [-0.2, -0.15) is 4.99 Å². The second-order valence-corrected chi connectivity index (χ2v) is 10.1. The second kappa shape index (κ2) is 8.30. The van der Waals surface area contributed by atoms with Gasteiger partial charge in [0.25, 0.3) is 5.91 Å². The van der Waals surface area contributed by atoms with Crippen molar-refractivity contribution < 1.29 is 22.7 Å². The lowest BCUT2D eigenvalue weighted by atomic mass is 10.2. The van der Waals surface area contributed by atoms with Gasteiger partial charge in [-0.05, 0) is 44.2 Å². The number of rotatable bonds is 5. The van der Waals surface area contributed by atoms with Crippen LogP contribution in [0, 0.1) is 0 Å². The molecule has 0 radical (unpaired) electrons. The summed E-state index contributed by atoms with van der Waals surface area (Å²) in [7, 11) is -2.22. The highest BCUT2D eigenvalue weighted by Crippen LogP contribution is 2.19. The molecule has 0 N–H and O–H groups in total. The molecule has 0 atom stereocenters. The first-order chi connectivity index (χ1) is 13.7. The van der Waals surface area contributed by atoms with Crippen LogP contribution in [0.25, 0.3) is 10.2 Å². The van der Waals surface area contributed by atoms with E-state index in [2.05, 4.69) is 4.99 Å². The molecule has 152 valence electrons. The lowest BCUT2D eigenvalue weighted by molar-refractivity contribution is -0.141. The van der Waals surface area contributed by atoms with Crippen LogP contribution in [0.4, 0.5) is 0 Å². The summed E-state index contributed by atoms with van der Waals surface area (Å²) in [4.78, 5) is 29.2. The van der Waals surface area contributed by atoms with Crippen LogP contribution in [-0.4, -0.2) is 37.2 Å². The number of methoxy groups -OCH3 is 1. The molecule has 0 fully saturated rings. The molecule has 3 rings (SSSR count). The Morgan fingerprint density at radius 3 is 2.55 bits per heavy atom. The van der Waals surface area contributed by atoms with Gasteiger partial charge in [-0.1, -0.05) is 29.5 Å². The summed E-state index contributed by atoms with van der Waals surface area (Å²) < 4.78 is 32.0. The first-order valence-corrected chi connectivity index (χ1v) is 11.2. The van der Waals surface area contributed by atoms with Gasteiger partial charge in [0.05, 0.1) is 27.5 Å². The van der Waals surface area contributed by atoms with Crippen LogP contribution < -0.4 is 4.80 Å². The lowest BCUT2D eigenvalue weighted by Gasteiger charge is -2.08. The Hall–Kier alpha value is -2.78. The number of fused-ring (bicyclic) bond motifs is 1. The highest BCUT2D eigenvalue weighted by atomic mass is 32.2. The molecule has 0 bridgehead atoms. The zero-order chi connectivity index (χ0) is 21.2. The van der Waals surface area contributed by atoms with Crippen LogP contribution in [0.5, 0.6) is 0 Å². The highest BCUT2D eigenvalue weighted by Gasteiger charge is 2.20. The van der Waals surface area contributed by atoms with E-state index in [1.807, 2.05) is 24.3 Å².